The molecule has 7 nitrogen and oxygen atoms in total. The third-order valence-corrected chi connectivity index (χ3v) is 4.24. The van der Waals surface area contributed by atoms with Crippen LogP contribution in [0.15, 0.2) is 23.1 Å². The molecule has 8 heteroatoms. The van der Waals surface area contributed by atoms with E-state index in [1.165, 1.54) is 14.1 Å². The van der Waals surface area contributed by atoms with E-state index in [0.29, 0.717) is 0 Å². The number of carbonyl (C=O) groups is 2. The maximum atomic E-state index is 12.0. The average molecular weight is 301 g/mol. The summed E-state index contributed by atoms with van der Waals surface area (Å²) in [7, 11) is -1.22. The molecule has 0 saturated heterocycles. The Kier molecular flexibility index (Phi) is 4.85. The second-order valence-electron chi connectivity index (χ2n) is 4.06. The number of carboxylic acids is 1. The van der Waals surface area contributed by atoms with E-state index in [-0.39, 0.29) is 22.6 Å². The highest BCUT2D eigenvalue weighted by Crippen LogP contribution is 2.19. The quantitative estimate of drug-likeness (QED) is 0.808. The number of ether oxygens (including phenoxy) is 1. The van der Waals surface area contributed by atoms with Crippen molar-refractivity contribution < 1.29 is 27.9 Å². The van der Waals surface area contributed by atoms with Gasteiger partial charge in [-0.05, 0) is 25.1 Å². The van der Waals surface area contributed by atoms with Gasteiger partial charge in [0.2, 0.25) is 10.0 Å². The summed E-state index contributed by atoms with van der Waals surface area (Å²) in [5, 5.41) is 8.99. The van der Waals surface area contributed by atoms with Crippen LogP contribution in [0.3, 0.4) is 0 Å². The van der Waals surface area contributed by atoms with Crippen molar-refractivity contribution in [3.05, 3.63) is 29.3 Å². The van der Waals surface area contributed by atoms with Gasteiger partial charge in [-0.1, -0.05) is 0 Å². The number of carbonyl (C=O) groups excluding carboxylic acids is 1. The summed E-state index contributed by atoms with van der Waals surface area (Å²) in [6.45, 7) is 1.70. The lowest BCUT2D eigenvalue weighted by Gasteiger charge is -2.13. The Morgan fingerprint density at radius 3 is 2.20 bits per heavy atom. The summed E-state index contributed by atoms with van der Waals surface area (Å²) in [5.41, 5.74) is -0.414. The Labute approximate surface area is 116 Å². The normalized spacial score (nSPS) is 11.4. The van der Waals surface area contributed by atoms with Gasteiger partial charge in [0.1, 0.15) is 0 Å². The van der Waals surface area contributed by atoms with Crippen molar-refractivity contribution in [1.29, 1.82) is 0 Å². The van der Waals surface area contributed by atoms with Crippen LogP contribution in [-0.2, 0) is 14.8 Å². The van der Waals surface area contributed by atoms with Gasteiger partial charge in [-0.3, -0.25) is 0 Å². The number of sulfonamides is 1. The van der Waals surface area contributed by atoms with E-state index < -0.39 is 22.0 Å². The number of benzene rings is 1. The van der Waals surface area contributed by atoms with E-state index in [1.54, 1.807) is 6.92 Å². The lowest BCUT2D eigenvalue weighted by molar-refractivity contribution is 0.0526. The fourth-order valence-electron chi connectivity index (χ4n) is 1.41. The highest BCUT2D eigenvalue weighted by atomic mass is 32.2. The largest absolute Gasteiger partial charge is 0.478 e. The molecule has 0 atom stereocenters. The smallest absolute Gasteiger partial charge is 0.338 e. The number of esters is 1. The molecule has 1 aromatic carbocycles. The van der Waals surface area contributed by atoms with E-state index in [9.17, 15) is 18.0 Å². The minimum Gasteiger partial charge on any atom is -0.478 e. The highest BCUT2D eigenvalue weighted by Gasteiger charge is 2.22. The van der Waals surface area contributed by atoms with Crippen molar-refractivity contribution in [1.82, 2.24) is 4.31 Å². The monoisotopic (exact) mass is 301 g/mol. The number of aromatic carboxylic acids is 1. The van der Waals surface area contributed by atoms with Crippen LogP contribution in [0.25, 0.3) is 0 Å². The molecule has 0 amide bonds. The van der Waals surface area contributed by atoms with Crippen LogP contribution >= 0.6 is 0 Å². The molecule has 1 aromatic rings. The van der Waals surface area contributed by atoms with Gasteiger partial charge in [-0.2, -0.15) is 0 Å². The molecule has 0 radical (unpaired) electrons. The first kappa shape index (κ1) is 16.1. The minimum absolute atomic E-state index is 0.103. The third kappa shape index (κ3) is 3.34. The van der Waals surface area contributed by atoms with Crippen molar-refractivity contribution in [2.75, 3.05) is 20.7 Å². The van der Waals surface area contributed by atoms with Crippen LogP contribution in [-0.4, -0.2) is 50.5 Å². The number of nitrogens with zero attached hydrogens (tertiary/aromatic N) is 1. The Morgan fingerprint density at radius 2 is 1.75 bits per heavy atom. The van der Waals surface area contributed by atoms with Crippen molar-refractivity contribution in [3.8, 4) is 0 Å². The van der Waals surface area contributed by atoms with Crippen LogP contribution in [0.1, 0.15) is 27.6 Å². The maximum absolute atomic E-state index is 12.0. The summed E-state index contributed by atoms with van der Waals surface area (Å²) in [5.74, 6) is -2.10. The fourth-order valence-corrected chi connectivity index (χ4v) is 2.39. The van der Waals surface area contributed by atoms with E-state index in [1.807, 2.05) is 0 Å². The van der Waals surface area contributed by atoms with E-state index in [4.69, 9.17) is 9.84 Å². The molecule has 110 valence electrons. The molecule has 0 spiro atoms. The summed E-state index contributed by atoms with van der Waals surface area (Å²) in [4.78, 5) is 22.4. The zero-order valence-corrected chi connectivity index (χ0v) is 12.1. The molecule has 0 heterocycles. The van der Waals surface area contributed by atoms with Crippen molar-refractivity contribution in [2.24, 2.45) is 0 Å². The minimum atomic E-state index is -3.84. The highest BCUT2D eigenvalue weighted by molar-refractivity contribution is 7.89. The summed E-state index contributed by atoms with van der Waals surface area (Å²) in [6.07, 6.45) is 0. The molecular weight excluding hydrogens is 286 g/mol. The Balaban J connectivity index is 3.47. The molecule has 1 N–H and O–H groups in total. The van der Waals surface area contributed by atoms with Crippen LogP contribution < -0.4 is 0 Å². The topological polar surface area (TPSA) is 101 Å². The van der Waals surface area contributed by atoms with Crippen molar-refractivity contribution in [2.45, 2.75) is 11.8 Å². The predicted octanol–water partition coefficient (Wildman–Crippen LogP) is 0.812. The molecule has 0 aliphatic heterocycles. The van der Waals surface area contributed by atoms with Gasteiger partial charge in [-0.15, -0.1) is 0 Å². The molecule has 1 rings (SSSR count). The van der Waals surface area contributed by atoms with Gasteiger partial charge in [0, 0.05) is 14.1 Å². The Morgan fingerprint density at radius 1 is 1.20 bits per heavy atom. The Hall–Kier alpha value is -1.93. The van der Waals surface area contributed by atoms with Crippen molar-refractivity contribution >= 4 is 22.0 Å². The average Bonchev–Trinajstić information content (AvgIpc) is 2.38. The van der Waals surface area contributed by atoms with Gasteiger partial charge in [0.25, 0.3) is 0 Å². The first-order valence-corrected chi connectivity index (χ1v) is 7.12. The molecule has 20 heavy (non-hydrogen) atoms. The lowest BCUT2D eigenvalue weighted by atomic mass is 10.1. The molecule has 0 aromatic heterocycles. The van der Waals surface area contributed by atoms with Crippen LogP contribution in [0, 0.1) is 0 Å². The summed E-state index contributed by atoms with van der Waals surface area (Å²) >= 11 is 0. The van der Waals surface area contributed by atoms with Gasteiger partial charge in [0.05, 0.1) is 22.6 Å². The zero-order valence-electron chi connectivity index (χ0n) is 11.3. The lowest BCUT2D eigenvalue weighted by Crippen LogP contribution is -2.23. The van der Waals surface area contributed by atoms with Crippen LogP contribution in [0.5, 0.6) is 0 Å². The molecular formula is C12H15NO6S. The van der Waals surface area contributed by atoms with E-state index in [0.717, 1.165) is 22.5 Å². The summed E-state index contributed by atoms with van der Waals surface area (Å²) in [6, 6.07) is 3.18. The number of hydrogen-bond donors (Lipinski definition) is 1. The second-order valence-corrected chi connectivity index (χ2v) is 6.21. The number of hydrogen-bond acceptors (Lipinski definition) is 5. The fraction of sp³-hybridized carbons (Fsp3) is 0.333. The van der Waals surface area contributed by atoms with Gasteiger partial charge < -0.3 is 9.84 Å². The number of rotatable bonds is 5. The second kappa shape index (κ2) is 6.02. The van der Waals surface area contributed by atoms with E-state index >= 15 is 0 Å². The Bertz CT molecular complexity index is 635. The predicted molar refractivity (Wildman–Crippen MR) is 70.2 cm³/mol. The summed E-state index contributed by atoms with van der Waals surface area (Å²) < 4.78 is 29.7. The molecule has 0 unspecified atom stereocenters. The van der Waals surface area contributed by atoms with Crippen LogP contribution in [0.4, 0.5) is 0 Å². The molecule has 0 fully saturated rings. The molecule has 0 saturated carbocycles. The first-order valence-electron chi connectivity index (χ1n) is 5.68. The third-order valence-electron chi connectivity index (χ3n) is 2.44. The zero-order chi connectivity index (χ0) is 15.5. The maximum Gasteiger partial charge on any atom is 0.338 e. The molecule has 0 aliphatic carbocycles. The van der Waals surface area contributed by atoms with Gasteiger partial charge in [0.15, 0.2) is 0 Å². The standard InChI is InChI=1S/C12H15NO6S/c1-4-19-12(16)9-5-8(11(14)15)6-10(7-9)20(17,18)13(2)3/h5-7H,4H2,1-3H3,(H,14,15). The van der Waals surface area contributed by atoms with E-state index in [2.05, 4.69) is 0 Å². The first-order chi connectivity index (χ1) is 9.20. The molecule has 0 bridgehead atoms. The van der Waals surface area contributed by atoms with Gasteiger partial charge in [-0.25, -0.2) is 22.3 Å². The van der Waals surface area contributed by atoms with Crippen LogP contribution in [0.2, 0.25) is 0 Å². The number of carboxylic acid groups (broad SMARTS) is 1. The van der Waals surface area contributed by atoms with Gasteiger partial charge >= 0.3 is 11.9 Å². The molecule has 0 aliphatic rings. The van der Waals surface area contributed by atoms with Crippen molar-refractivity contribution in [3.63, 3.8) is 0 Å². The SMILES string of the molecule is CCOC(=O)c1cc(C(=O)O)cc(S(=O)(=O)N(C)C)c1.